The van der Waals surface area contributed by atoms with Crippen LogP contribution in [0.2, 0.25) is 0 Å². The Hall–Kier alpha value is 0.690. The SMILES string of the molecule is ICC1CC[N]CC1. The monoisotopic (exact) mass is 224 g/mol. The van der Waals surface area contributed by atoms with Gasteiger partial charge in [0, 0.05) is 17.5 Å². The summed E-state index contributed by atoms with van der Waals surface area (Å²) in [6.07, 6.45) is 2.67. The Morgan fingerprint density at radius 2 is 2.00 bits per heavy atom. The van der Waals surface area contributed by atoms with Crippen molar-refractivity contribution < 1.29 is 0 Å². The normalized spacial score (nSPS) is 23.6. The molecule has 0 atom stereocenters. The van der Waals surface area contributed by atoms with Crippen molar-refractivity contribution in [2.24, 2.45) is 5.92 Å². The maximum Gasteiger partial charge on any atom is 0.0136 e. The highest BCUT2D eigenvalue weighted by molar-refractivity contribution is 14.1. The number of alkyl halides is 1. The van der Waals surface area contributed by atoms with E-state index in [4.69, 9.17) is 0 Å². The summed E-state index contributed by atoms with van der Waals surface area (Å²) in [6.45, 7) is 2.24. The van der Waals surface area contributed by atoms with Crippen molar-refractivity contribution in [2.75, 3.05) is 17.5 Å². The lowest BCUT2D eigenvalue weighted by molar-refractivity contribution is 0.406. The molecule has 0 aliphatic carbocycles. The van der Waals surface area contributed by atoms with Crippen molar-refractivity contribution in [1.82, 2.24) is 5.32 Å². The fourth-order valence-electron chi connectivity index (χ4n) is 0.958. The zero-order valence-electron chi connectivity index (χ0n) is 4.94. The molecule has 0 saturated carbocycles. The van der Waals surface area contributed by atoms with E-state index < -0.39 is 0 Å². The van der Waals surface area contributed by atoms with Crippen molar-refractivity contribution in [3.8, 4) is 0 Å². The lowest BCUT2D eigenvalue weighted by Gasteiger charge is -2.18. The van der Waals surface area contributed by atoms with Gasteiger partial charge < -0.3 is 0 Å². The molecule has 0 N–H and O–H groups in total. The molecule has 1 aliphatic heterocycles. The van der Waals surface area contributed by atoms with Crippen molar-refractivity contribution in [3.05, 3.63) is 0 Å². The van der Waals surface area contributed by atoms with Crippen LogP contribution in [0.3, 0.4) is 0 Å². The van der Waals surface area contributed by atoms with E-state index in [1.807, 2.05) is 0 Å². The average molecular weight is 224 g/mol. The third-order valence-corrected chi connectivity index (χ3v) is 2.85. The minimum Gasteiger partial charge on any atom is -0.242 e. The van der Waals surface area contributed by atoms with E-state index in [2.05, 4.69) is 27.9 Å². The first-order valence-corrected chi connectivity index (χ1v) is 4.65. The van der Waals surface area contributed by atoms with E-state index in [0.29, 0.717) is 0 Å². The van der Waals surface area contributed by atoms with Crippen LogP contribution in [0, 0.1) is 5.92 Å². The van der Waals surface area contributed by atoms with Gasteiger partial charge in [0.2, 0.25) is 0 Å². The highest BCUT2D eigenvalue weighted by atomic mass is 127. The van der Waals surface area contributed by atoms with Crippen LogP contribution < -0.4 is 5.32 Å². The third-order valence-electron chi connectivity index (χ3n) is 1.61. The lowest BCUT2D eigenvalue weighted by atomic mass is 10.0. The van der Waals surface area contributed by atoms with Gasteiger partial charge in [0.25, 0.3) is 0 Å². The van der Waals surface area contributed by atoms with Crippen molar-refractivity contribution in [1.29, 1.82) is 0 Å². The van der Waals surface area contributed by atoms with E-state index in [9.17, 15) is 0 Å². The molecular weight excluding hydrogens is 213 g/mol. The van der Waals surface area contributed by atoms with Gasteiger partial charge in [-0.1, -0.05) is 22.6 Å². The maximum absolute atomic E-state index is 4.27. The Labute approximate surface area is 64.4 Å². The van der Waals surface area contributed by atoms with Crippen LogP contribution >= 0.6 is 22.6 Å². The number of hydrogen-bond acceptors (Lipinski definition) is 0. The minimum atomic E-state index is 0.980. The van der Waals surface area contributed by atoms with Gasteiger partial charge in [-0.3, -0.25) is 0 Å². The number of nitrogens with zero attached hydrogens (tertiary/aromatic N) is 1. The first-order chi connectivity index (χ1) is 3.93. The highest BCUT2D eigenvalue weighted by Crippen LogP contribution is 2.14. The summed E-state index contributed by atoms with van der Waals surface area (Å²) in [5.74, 6) is 0.980. The molecule has 1 nitrogen and oxygen atoms in total. The molecule has 47 valence electrons. The van der Waals surface area contributed by atoms with Gasteiger partial charge in [0.1, 0.15) is 0 Å². The van der Waals surface area contributed by atoms with Crippen LogP contribution in [0.25, 0.3) is 0 Å². The van der Waals surface area contributed by atoms with E-state index in [1.54, 1.807) is 0 Å². The number of hydrogen-bond donors (Lipinski definition) is 0. The molecule has 1 heterocycles. The first-order valence-electron chi connectivity index (χ1n) is 3.12. The Kier molecular flexibility index (Phi) is 3.12. The molecule has 0 amide bonds. The van der Waals surface area contributed by atoms with E-state index in [0.717, 1.165) is 19.0 Å². The van der Waals surface area contributed by atoms with Crippen LogP contribution in [-0.2, 0) is 0 Å². The Bertz CT molecular complexity index is 59.5. The lowest BCUT2D eigenvalue weighted by Crippen LogP contribution is -2.22. The Balaban J connectivity index is 2.13. The van der Waals surface area contributed by atoms with Crippen molar-refractivity contribution >= 4 is 22.6 Å². The molecule has 1 rings (SSSR count). The van der Waals surface area contributed by atoms with Crippen LogP contribution in [-0.4, -0.2) is 17.5 Å². The second-order valence-electron chi connectivity index (χ2n) is 2.27. The smallest absolute Gasteiger partial charge is 0.0136 e. The third kappa shape index (κ3) is 1.90. The van der Waals surface area contributed by atoms with Crippen LogP contribution in [0.15, 0.2) is 0 Å². The molecule has 0 aromatic rings. The maximum atomic E-state index is 4.27. The molecule has 1 radical (unpaired) electrons. The van der Waals surface area contributed by atoms with Gasteiger partial charge >= 0.3 is 0 Å². The van der Waals surface area contributed by atoms with Gasteiger partial charge in [-0.05, 0) is 18.8 Å². The van der Waals surface area contributed by atoms with Crippen molar-refractivity contribution in [3.63, 3.8) is 0 Å². The summed E-state index contributed by atoms with van der Waals surface area (Å²) >= 11 is 2.47. The predicted molar refractivity (Wildman–Crippen MR) is 43.5 cm³/mol. The quantitative estimate of drug-likeness (QED) is 0.472. The van der Waals surface area contributed by atoms with Crippen LogP contribution in [0.4, 0.5) is 0 Å². The van der Waals surface area contributed by atoms with Crippen LogP contribution in [0.5, 0.6) is 0 Å². The molecule has 0 aromatic heterocycles. The number of piperidine rings is 1. The standard InChI is InChI=1S/C6H11IN/c7-5-6-1-3-8-4-2-6/h6H,1-5H2. The zero-order valence-corrected chi connectivity index (χ0v) is 7.10. The van der Waals surface area contributed by atoms with E-state index in [1.165, 1.54) is 17.3 Å². The predicted octanol–water partition coefficient (Wildman–Crippen LogP) is 1.44. The van der Waals surface area contributed by atoms with Gasteiger partial charge in [0.15, 0.2) is 0 Å². The average Bonchev–Trinajstić information content (AvgIpc) is 1.90. The summed E-state index contributed by atoms with van der Waals surface area (Å²) < 4.78 is 1.33. The molecule has 0 aromatic carbocycles. The fraction of sp³-hybridized carbons (Fsp3) is 1.00. The molecule has 0 bridgehead atoms. The summed E-state index contributed by atoms with van der Waals surface area (Å²) in [4.78, 5) is 0. The van der Waals surface area contributed by atoms with Gasteiger partial charge in [-0.2, -0.15) is 0 Å². The summed E-state index contributed by atoms with van der Waals surface area (Å²) in [5, 5.41) is 4.27. The minimum absolute atomic E-state index is 0.980. The van der Waals surface area contributed by atoms with Crippen LogP contribution in [0.1, 0.15) is 12.8 Å². The molecule has 2 heteroatoms. The molecule has 0 spiro atoms. The summed E-state index contributed by atoms with van der Waals surface area (Å²) in [6, 6.07) is 0. The Morgan fingerprint density at radius 1 is 1.38 bits per heavy atom. The van der Waals surface area contributed by atoms with E-state index >= 15 is 0 Å². The number of rotatable bonds is 1. The van der Waals surface area contributed by atoms with Gasteiger partial charge in [-0.25, -0.2) is 5.32 Å². The zero-order chi connectivity index (χ0) is 5.82. The first kappa shape index (κ1) is 6.81. The summed E-state index contributed by atoms with van der Waals surface area (Å²) in [5.41, 5.74) is 0. The molecule has 1 aliphatic rings. The molecule has 1 fully saturated rings. The van der Waals surface area contributed by atoms with E-state index in [-0.39, 0.29) is 0 Å². The molecule has 0 unspecified atom stereocenters. The topological polar surface area (TPSA) is 14.1 Å². The highest BCUT2D eigenvalue weighted by Gasteiger charge is 2.10. The fourth-order valence-corrected chi connectivity index (χ4v) is 1.84. The van der Waals surface area contributed by atoms with Gasteiger partial charge in [0.05, 0.1) is 0 Å². The summed E-state index contributed by atoms with van der Waals surface area (Å²) in [7, 11) is 0. The molecule has 8 heavy (non-hydrogen) atoms. The second kappa shape index (κ2) is 3.67. The molecule has 1 saturated heterocycles. The van der Waals surface area contributed by atoms with Crippen molar-refractivity contribution in [2.45, 2.75) is 12.8 Å². The Morgan fingerprint density at radius 3 is 2.38 bits per heavy atom. The second-order valence-corrected chi connectivity index (χ2v) is 3.15. The largest absolute Gasteiger partial charge is 0.242 e. The van der Waals surface area contributed by atoms with Gasteiger partial charge in [-0.15, -0.1) is 0 Å². The number of halogens is 1. The molecular formula is C6H11IN.